The van der Waals surface area contributed by atoms with Gasteiger partial charge in [0.25, 0.3) is 0 Å². The molecular weight excluding hydrogens is 314 g/mol. The maximum atomic E-state index is 6.07. The van der Waals surface area contributed by atoms with Gasteiger partial charge in [0, 0.05) is 47.6 Å². The van der Waals surface area contributed by atoms with Crippen LogP contribution in [0.15, 0.2) is 36.1 Å². The van der Waals surface area contributed by atoms with Crippen LogP contribution in [0.1, 0.15) is 17.0 Å². The van der Waals surface area contributed by atoms with Crippen LogP contribution in [0.5, 0.6) is 0 Å². The molecule has 2 aromatic rings. The lowest BCUT2D eigenvalue weighted by atomic mass is 9.93. The van der Waals surface area contributed by atoms with E-state index in [4.69, 9.17) is 4.74 Å². The summed E-state index contributed by atoms with van der Waals surface area (Å²) in [4.78, 5) is 11.0. The summed E-state index contributed by atoms with van der Waals surface area (Å²) in [6, 6.07) is 4.04. The van der Waals surface area contributed by atoms with E-state index in [-0.39, 0.29) is 0 Å². The van der Waals surface area contributed by atoms with Gasteiger partial charge in [-0.15, -0.1) is 23.1 Å². The molecule has 0 aromatic carbocycles. The van der Waals surface area contributed by atoms with Crippen molar-refractivity contribution in [3.63, 3.8) is 0 Å². The molecule has 1 atom stereocenters. The number of thiazole rings is 1. The van der Waals surface area contributed by atoms with Gasteiger partial charge in [-0.2, -0.15) is 0 Å². The first-order chi connectivity index (χ1) is 10.8. The van der Waals surface area contributed by atoms with Crippen LogP contribution in [-0.2, 0) is 17.9 Å². The van der Waals surface area contributed by atoms with Crippen molar-refractivity contribution in [3.05, 3.63) is 46.7 Å². The molecule has 2 aromatic heterocycles. The Labute approximate surface area is 138 Å². The maximum Gasteiger partial charge on any atom is 0.107 e. The Morgan fingerprint density at radius 1 is 1.36 bits per heavy atom. The van der Waals surface area contributed by atoms with E-state index in [0.29, 0.717) is 17.5 Å². The van der Waals surface area contributed by atoms with Gasteiger partial charge in [-0.3, -0.25) is 9.88 Å². The van der Waals surface area contributed by atoms with Crippen LogP contribution in [0.4, 0.5) is 0 Å². The second-order valence-electron chi connectivity index (χ2n) is 6.06. The lowest BCUT2D eigenvalue weighted by Gasteiger charge is -2.47. The molecule has 0 radical (unpaired) electrons. The van der Waals surface area contributed by atoms with Crippen molar-refractivity contribution in [1.29, 1.82) is 0 Å². The van der Waals surface area contributed by atoms with Crippen LogP contribution < -0.4 is 0 Å². The lowest BCUT2D eigenvalue weighted by Crippen LogP contribution is -2.58. The van der Waals surface area contributed by atoms with Gasteiger partial charge in [-0.05, 0) is 18.1 Å². The standard InChI is InChI=1S/C16H19N3OS2/c1-2-13(7-17-3-1)9-20-14-6-16(22-10-14)11-19(12-16)8-15-18-4-5-21-15/h1-5,7,14H,6,8-12H2/t14-/m0/s1. The molecule has 0 unspecified atom stereocenters. The molecule has 2 saturated heterocycles. The Morgan fingerprint density at radius 2 is 2.32 bits per heavy atom. The first-order valence-electron chi connectivity index (χ1n) is 7.57. The fourth-order valence-electron chi connectivity index (χ4n) is 3.23. The third-order valence-corrected chi connectivity index (χ3v) is 6.59. The molecule has 22 heavy (non-hydrogen) atoms. The Hall–Kier alpha value is -0.950. The minimum absolute atomic E-state index is 0.382. The predicted molar refractivity (Wildman–Crippen MR) is 90.0 cm³/mol. The van der Waals surface area contributed by atoms with Crippen molar-refractivity contribution in [2.24, 2.45) is 0 Å². The summed E-state index contributed by atoms with van der Waals surface area (Å²) in [5.74, 6) is 1.12. The van der Waals surface area contributed by atoms with Crippen molar-refractivity contribution in [1.82, 2.24) is 14.9 Å². The van der Waals surface area contributed by atoms with Crippen molar-refractivity contribution in [2.75, 3.05) is 18.8 Å². The largest absolute Gasteiger partial charge is 0.373 e. The number of aromatic nitrogens is 2. The van der Waals surface area contributed by atoms with E-state index >= 15 is 0 Å². The summed E-state index contributed by atoms with van der Waals surface area (Å²) in [7, 11) is 0. The highest BCUT2D eigenvalue weighted by molar-refractivity contribution is 8.01. The van der Waals surface area contributed by atoms with E-state index in [1.807, 2.05) is 18.5 Å². The van der Waals surface area contributed by atoms with Gasteiger partial charge in [0.2, 0.25) is 0 Å². The monoisotopic (exact) mass is 333 g/mol. The Morgan fingerprint density at radius 3 is 3.09 bits per heavy atom. The molecule has 4 heterocycles. The average Bonchev–Trinajstić information content (AvgIpc) is 3.16. The van der Waals surface area contributed by atoms with E-state index in [1.165, 1.54) is 24.5 Å². The topological polar surface area (TPSA) is 38.2 Å². The third-order valence-electron chi connectivity index (χ3n) is 4.25. The molecule has 0 bridgehead atoms. The zero-order valence-electron chi connectivity index (χ0n) is 12.4. The van der Waals surface area contributed by atoms with Crippen LogP contribution >= 0.6 is 23.1 Å². The van der Waals surface area contributed by atoms with Gasteiger partial charge in [-0.1, -0.05) is 6.07 Å². The summed E-state index contributed by atoms with van der Waals surface area (Å²) in [6.07, 6.45) is 7.13. The van der Waals surface area contributed by atoms with E-state index in [9.17, 15) is 0 Å². The number of thioether (sulfide) groups is 1. The third kappa shape index (κ3) is 3.20. The highest BCUT2D eigenvalue weighted by Gasteiger charge is 2.49. The smallest absolute Gasteiger partial charge is 0.107 e. The van der Waals surface area contributed by atoms with Gasteiger partial charge >= 0.3 is 0 Å². The molecule has 2 aliphatic rings. The van der Waals surface area contributed by atoms with Gasteiger partial charge in [0.15, 0.2) is 0 Å². The quantitative estimate of drug-likeness (QED) is 0.841. The molecular formula is C16H19N3OS2. The van der Waals surface area contributed by atoms with Gasteiger partial charge in [0.1, 0.15) is 5.01 Å². The van der Waals surface area contributed by atoms with E-state index in [1.54, 1.807) is 17.5 Å². The van der Waals surface area contributed by atoms with Crippen molar-refractivity contribution >= 4 is 23.1 Å². The summed E-state index contributed by atoms with van der Waals surface area (Å²) < 4.78 is 6.50. The molecule has 0 saturated carbocycles. The lowest BCUT2D eigenvalue weighted by molar-refractivity contribution is 0.0263. The van der Waals surface area contributed by atoms with Crippen molar-refractivity contribution in [3.8, 4) is 0 Å². The molecule has 0 aliphatic carbocycles. The minimum Gasteiger partial charge on any atom is -0.373 e. The average molecular weight is 333 g/mol. The SMILES string of the molecule is c1cncc(CO[C@@H]2CSC3(C2)CN(Cc2nccs2)C3)c1. The highest BCUT2D eigenvalue weighted by atomic mass is 32.2. The van der Waals surface area contributed by atoms with Crippen LogP contribution in [0.2, 0.25) is 0 Å². The van der Waals surface area contributed by atoms with Crippen LogP contribution in [0.25, 0.3) is 0 Å². The fraction of sp³-hybridized carbons (Fsp3) is 0.500. The van der Waals surface area contributed by atoms with E-state index in [2.05, 4.69) is 38.1 Å². The number of hydrogen-bond donors (Lipinski definition) is 0. The molecule has 4 nitrogen and oxygen atoms in total. The Balaban J connectivity index is 1.23. The number of likely N-dealkylation sites (tertiary alicyclic amines) is 1. The fourth-order valence-corrected chi connectivity index (χ4v) is 5.49. The van der Waals surface area contributed by atoms with Crippen molar-refractivity contribution in [2.45, 2.75) is 30.4 Å². The Bertz CT molecular complexity index is 599. The molecule has 2 fully saturated rings. The highest BCUT2D eigenvalue weighted by Crippen LogP contribution is 2.46. The normalized spacial score (nSPS) is 23.7. The molecule has 116 valence electrons. The Kier molecular flexibility index (Phi) is 4.17. The minimum atomic E-state index is 0.382. The van der Waals surface area contributed by atoms with Crippen LogP contribution in [0.3, 0.4) is 0 Å². The van der Waals surface area contributed by atoms with E-state index < -0.39 is 0 Å². The molecule has 4 rings (SSSR count). The first-order valence-corrected chi connectivity index (χ1v) is 9.43. The van der Waals surface area contributed by atoms with Gasteiger partial charge < -0.3 is 4.74 Å². The molecule has 1 spiro atoms. The van der Waals surface area contributed by atoms with Crippen LogP contribution in [0, 0.1) is 0 Å². The number of nitrogens with zero attached hydrogens (tertiary/aromatic N) is 3. The molecule has 2 aliphatic heterocycles. The van der Waals surface area contributed by atoms with Gasteiger partial charge in [-0.25, -0.2) is 4.98 Å². The van der Waals surface area contributed by atoms with Crippen LogP contribution in [-0.4, -0.2) is 44.6 Å². The van der Waals surface area contributed by atoms with Crippen molar-refractivity contribution < 1.29 is 4.74 Å². The second kappa shape index (κ2) is 6.28. The zero-order chi connectivity index (χ0) is 14.8. The maximum absolute atomic E-state index is 6.07. The number of pyridine rings is 1. The predicted octanol–water partition coefficient (Wildman–Crippen LogP) is 2.81. The second-order valence-corrected chi connectivity index (χ2v) is 8.53. The summed E-state index contributed by atoms with van der Waals surface area (Å²) in [5, 5.41) is 3.28. The summed E-state index contributed by atoms with van der Waals surface area (Å²) >= 11 is 3.84. The number of rotatable bonds is 5. The summed E-state index contributed by atoms with van der Waals surface area (Å²) in [5.41, 5.74) is 1.16. The molecule has 0 N–H and O–H groups in total. The first kappa shape index (κ1) is 14.6. The molecule has 6 heteroatoms. The zero-order valence-corrected chi connectivity index (χ0v) is 14.0. The summed E-state index contributed by atoms with van der Waals surface area (Å²) in [6.45, 7) is 4.02. The van der Waals surface area contributed by atoms with Gasteiger partial charge in [0.05, 0.1) is 19.3 Å². The number of ether oxygens (including phenoxy) is 1. The van der Waals surface area contributed by atoms with E-state index in [0.717, 1.165) is 17.9 Å². The number of hydrogen-bond acceptors (Lipinski definition) is 6. The molecule has 0 amide bonds.